The van der Waals surface area contributed by atoms with Gasteiger partial charge in [-0.15, -0.1) is 0 Å². The van der Waals surface area contributed by atoms with E-state index in [0.29, 0.717) is 12.3 Å². The lowest BCUT2D eigenvalue weighted by atomic mass is 9.98. The van der Waals surface area contributed by atoms with E-state index in [-0.39, 0.29) is 30.5 Å². The second-order valence-corrected chi connectivity index (χ2v) is 8.93. The summed E-state index contributed by atoms with van der Waals surface area (Å²) in [5.74, 6) is -1.12. The van der Waals surface area contributed by atoms with Gasteiger partial charge in [-0.05, 0) is 47.9 Å². The first-order valence-corrected chi connectivity index (χ1v) is 11.6. The van der Waals surface area contributed by atoms with Crippen molar-refractivity contribution in [3.63, 3.8) is 0 Å². The normalized spacial score (nSPS) is 13.7. The quantitative estimate of drug-likeness (QED) is 0.450. The number of fused-ring (bicyclic) bond motifs is 3. The van der Waals surface area contributed by atoms with Gasteiger partial charge in [0.1, 0.15) is 12.6 Å². The fraction of sp³-hybridized carbons (Fsp3) is 0.370. The number of amides is 2. The number of rotatable bonds is 10. The van der Waals surface area contributed by atoms with Gasteiger partial charge in [0.05, 0.1) is 0 Å². The van der Waals surface area contributed by atoms with E-state index >= 15 is 0 Å². The molecular weight excluding hydrogens is 432 g/mol. The highest BCUT2D eigenvalue weighted by Gasteiger charge is 2.29. The summed E-state index contributed by atoms with van der Waals surface area (Å²) < 4.78 is 5.58. The molecule has 0 heterocycles. The summed E-state index contributed by atoms with van der Waals surface area (Å²) >= 11 is 0. The minimum Gasteiger partial charge on any atom is -0.478 e. The van der Waals surface area contributed by atoms with Crippen molar-refractivity contribution in [1.29, 1.82) is 0 Å². The van der Waals surface area contributed by atoms with E-state index in [9.17, 15) is 14.4 Å². The summed E-state index contributed by atoms with van der Waals surface area (Å²) in [6.45, 7) is 5.78. The monoisotopic (exact) mass is 464 g/mol. The molecule has 2 aromatic carbocycles. The van der Waals surface area contributed by atoms with Crippen molar-refractivity contribution in [3.8, 4) is 11.1 Å². The highest BCUT2D eigenvalue weighted by atomic mass is 16.5. The number of nitrogens with one attached hydrogen (secondary N) is 2. The summed E-state index contributed by atoms with van der Waals surface area (Å²) in [5, 5.41) is 14.3. The molecule has 2 aromatic rings. The van der Waals surface area contributed by atoms with Gasteiger partial charge in [-0.3, -0.25) is 4.79 Å². The van der Waals surface area contributed by atoms with E-state index in [2.05, 4.69) is 22.8 Å². The van der Waals surface area contributed by atoms with Crippen LogP contribution in [0.15, 0.2) is 60.2 Å². The first kappa shape index (κ1) is 25.0. The predicted octanol–water partition coefficient (Wildman–Crippen LogP) is 4.48. The van der Waals surface area contributed by atoms with Crippen LogP contribution in [0.4, 0.5) is 4.79 Å². The number of hydrogen-bond donors (Lipinski definition) is 3. The Bertz CT molecular complexity index is 1030. The highest BCUT2D eigenvalue weighted by Crippen LogP contribution is 2.44. The molecule has 7 nitrogen and oxygen atoms in total. The van der Waals surface area contributed by atoms with Crippen molar-refractivity contribution < 1.29 is 24.2 Å². The Balaban J connectivity index is 1.62. The van der Waals surface area contributed by atoms with Crippen molar-refractivity contribution in [2.24, 2.45) is 5.92 Å². The third kappa shape index (κ3) is 6.25. The summed E-state index contributed by atoms with van der Waals surface area (Å²) in [5.41, 5.74) is 4.66. The van der Waals surface area contributed by atoms with Crippen molar-refractivity contribution in [2.75, 3.05) is 13.2 Å². The predicted molar refractivity (Wildman–Crippen MR) is 130 cm³/mol. The second kappa shape index (κ2) is 11.5. The second-order valence-electron chi connectivity index (χ2n) is 8.93. The molecule has 3 rings (SSSR count). The molecule has 7 heteroatoms. The zero-order chi connectivity index (χ0) is 24.7. The van der Waals surface area contributed by atoms with E-state index in [1.54, 1.807) is 0 Å². The number of aliphatic carboxylic acids is 1. The van der Waals surface area contributed by atoms with Crippen molar-refractivity contribution in [3.05, 3.63) is 71.3 Å². The Hall–Kier alpha value is -3.61. The van der Waals surface area contributed by atoms with E-state index in [0.717, 1.165) is 28.7 Å². The van der Waals surface area contributed by atoms with Gasteiger partial charge in [-0.1, -0.05) is 68.5 Å². The fourth-order valence-corrected chi connectivity index (χ4v) is 4.07. The van der Waals surface area contributed by atoms with Gasteiger partial charge in [0.2, 0.25) is 5.91 Å². The number of carboxylic acids is 1. The molecule has 0 bridgehead atoms. The molecule has 1 atom stereocenters. The van der Waals surface area contributed by atoms with Crippen LogP contribution in [0.25, 0.3) is 11.1 Å². The maximum atomic E-state index is 12.7. The molecule has 0 saturated carbocycles. The molecule has 0 aromatic heterocycles. The molecule has 1 aliphatic rings. The average molecular weight is 465 g/mol. The Morgan fingerprint density at radius 3 is 2.15 bits per heavy atom. The maximum Gasteiger partial charge on any atom is 0.407 e. The Morgan fingerprint density at radius 1 is 1.00 bits per heavy atom. The molecule has 0 saturated heterocycles. The van der Waals surface area contributed by atoms with Crippen LogP contribution in [0.5, 0.6) is 0 Å². The number of hydrogen-bond acceptors (Lipinski definition) is 4. The van der Waals surface area contributed by atoms with Crippen LogP contribution in [0.1, 0.15) is 50.7 Å². The Morgan fingerprint density at radius 2 is 1.59 bits per heavy atom. The lowest BCUT2D eigenvalue weighted by molar-refractivity contribution is -0.132. The Kier molecular flexibility index (Phi) is 8.46. The molecule has 3 N–H and O–H groups in total. The van der Waals surface area contributed by atoms with Gasteiger partial charge >= 0.3 is 12.1 Å². The molecule has 34 heavy (non-hydrogen) atoms. The van der Waals surface area contributed by atoms with E-state index in [4.69, 9.17) is 9.84 Å². The standard InChI is InChI=1S/C27H32N2O5/c1-17(2)12-13-24(25(30)28-15-14-18(3)26(31)32)29-27(33)34-16-23-21-10-6-4-8-19(21)20-9-5-7-11-22(20)23/h4-11,14,17,23-24H,12-13,15-16H2,1-3H3,(H,28,30)(H,29,33)(H,31,32)/b18-14+. The van der Waals surface area contributed by atoms with Gasteiger partial charge in [0.15, 0.2) is 0 Å². The molecular formula is C27H32N2O5. The lowest BCUT2D eigenvalue weighted by Crippen LogP contribution is -2.47. The molecule has 2 amide bonds. The van der Waals surface area contributed by atoms with Gasteiger partial charge < -0.3 is 20.5 Å². The number of alkyl carbamates (subject to hydrolysis) is 1. The summed E-state index contributed by atoms with van der Waals surface area (Å²) in [4.78, 5) is 36.2. The van der Waals surface area contributed by atoms with Crippen molar-refractivity contribution in [1.82, 2.24) is 10.6 Å². The van der Waals surface area contributed by atoms with E-state index < -0.39 is 18.1 Å². The van der Waals surface area contributed by atoms with Crippen LogP contribution in [0.3, 0.4) is 0 Å². The van der Waals surface area contributed by atoms with Crippen molar-refractivity contribution in [2.45, 2.75) is 45.6 Å². The van der Waals surface area contributed by atoms with Gasteiger partial charge in [0, 0.05) is 18.0 Å². The van der Waals surface area contributed by atoms with Gasteiger partial charge in [0.25, 0.3) is 0 Å². The lowest BCUT2D eigenvalue weighted by Gasteiger charge is -2.20. The van der Waals surface area contributed by atoms with E-state index in [1.807, 2.05) is 50.2 Å². The van der Waals surface area contributed by atoms with Crippen LogP contribution in [-0.2, 0) is 14.3 Å². The number of benzene rings is 2. The van der Waals surface area contributed by atoms with Gasteiger partial charge in [-0.25, -0.2) is 9.59 Å². The third-order valence-corrected chi connectivity index (χ3v) is 6.01. The minimum atomic E-state index is -1.04. The van der Waals surface area contributed by atoms with Crippen LogP contribution < -0.4 is 10.6 Å². The van der Waals surface area contributed by atoms with Crippen LogP contribution in [0.2, 0.25) is 0 Å². The topological polar surface area (TPSA) is 105 Å². The molecule has 180 valence electrons. The first-order chi connectivity index (χ1) is 16.3. The average Bonchev–Trinajstić information content (AvgIpc) is 3.13. The first-order valence-electron chi connectivity index (χ1n) is 11.6. The number of carbonyl (C=O) groups excluding carboxylic acids is 2. The Labute approximate surface area is 200 Å². The highest BCUT2D eigenvalue weighted by molar-refractivity contribution is 5.87. The molecule has 0 aliphatic heterocycles. The molecule has 0 fully saturated rings. The number of carbonyl (C=O) groups is 3. The van der Waals surface area contributed by atoms with Crippen molar-refractivity contribution >= 4 is 18.0 Å². The molecule has 0 spiro atoms. The maximum absolute atomic E-state index is 12.7. The fourth-order valence-electron chi connectivity index (χ4n) is 4.07. The summed E-state index contributed by atoms with van der Waals surface area (Å²) in [6.07, 6.45) is 1.97. The number of ether oxygens (including phenoxy) is 1. The molecule has 1 unspecified atom stereocenters. The summed E-state index contributed by atoms with van der Waals surface area (Å²) in [6, 6.07) is 15.4. The minimum absolute atomic E-state index is 0.0646. The largest absolute Gasteiger partial charge is 0.478 e. The zero-order valence-electron chi connectivity index (χ0n) is 19.8. The van der Waals surface area contributed by atoms with E-state index in [1.165, 1.54) is 13.0 Å². The zero-order valence-corrected chi connectivity index (χ0v) is 19.8. The van der Waals surface area contributed by atoms with Crippen LogP contribution in [0, 0.1) is 5.92 Å². The van der Waals surface area contributed by atoms with Gasteiger partial charge in [-0.2, -0.15) is 0 Å². The third-order valence-electron chi connectivity index (χ3n) is 6.01. The van der Waals surface area contributed by atoms with Crippen LogP contribution >= 0.6 is 0 Å². The van der Waals surface area contributed by atoms with Crippen LogP contribution in [-0.4, -0.2) is 42.3 Å². The SMILES string of the molecule is C/C(=C\CNC(=O)C(CCC(C)C)NC(=O)OCC1c2ccccc2-c2ccccc21)C(=O)O. The number of carboxylic acid groups (broad SMARTS) is 1. The smallest absolute Gasteiger partial charge is 0.407 e. The summed E-state index contributed by atoms with van der Waals surface area (Å²) in [7, 11) is 0. The molecule has 0 radical (unpaired) electrons. The molecule has 1 aliphatic carbocycles.